The predicted octanol–water partition coefficient (Wildman–Crippen LogP) is 5.65. The number of benzene rings is 2. The summed E-state index contributed by atoms with van der Waals surface area (Å²) in [6.07, 6.45) is -0.0813. The monoisotopic (exact) mass is 745 g/mol. The Labute approximate surface area is 290 Å². The molecule has 2 fully saturated rings. The van der Waals surface area contributed by atoms with Crippen molar-refractivity contribution in [2.75, 3.05) is 23.7 Å². The Morgan fingerprint density at radius 3 is 2.26 bits per heavy atom. The van der Waals surface area contributed by atoms with Crippen LogP contribution in [-0.2, 0) is 24.4 Å². The van der Waals surface area contributed by atoms with Crippen molar-refractivity contribution < 1.29 is 31.6 Å². The van der Waals surface area contributed by atoms with E-state index in [4.69, 9.17) is 39.8 Å². The van der Waals surface area contributed by atoms with Gasteiger partial charge in [-0.05, 0) is 67.5 Å². The molecule has 2 aliphatic heterocycles. The van der Waals surface area contributed by atoms with Gasteiger partial charge in [0, 0.05) is 31.8 Å². The molecule has 2 aromatic carbocycles. The number of piperidine rings is 2. The lowest BCUT2D eigenvalue weighted by molar-refractivity contribution is -0.138. The molecule has 0 radical (unpaired) electrons. The van der Waals surface area contributed by atoms with Gasteiger partial charge in [0.2, 0.25) is 17.7 Å². The van der Waals surface area contributed by atoms with E-state index in [2.05, 4.69) is 21.3 Å². The molecule has 2 saturated heterocycles. The second-order valence-electron chi connectivity index (χ2n) is 13.0. The topological polar surface area (TPSA) is 146 Å². The molecular formula is C30H38Cl2FN5O6S2Si. The molecule has 2 unspecified atom stereocenters. The van der Waals surface area contributed by atoms with Gasteiger partial charge in [-0.25, -0.2) is 17.1 Å². The van der Waals surface area contributed by atoms with Crippen LogP contribution in [-0.4, -0.2) is 63.0 Å². The fourth-order valence-corrected chi connectivity index (χ4v) is 8.79. The number of sulfonamides is 1. The lowest BCUT2D eigenvalue weighted by Gasteiger charge is -2.39. The van der Waals surface area contributed by atoms with Crippen molar-refractivity contribution in [2.24, 2.45) is 5.92 Å². The first-order valence-corrected chi connectivity index (χ1v) is 20.5. The van der Waals surface area contributed by atoms with E-state index in [9.17, 15) is 27.2 Å². The smallest absolute Gasteiger partial charge is 0.271 e. The summed E-state index contributed by atoms with van der Waals surface area (Å²) in [7, 11) is -7.66. The van der Waals surface area contributed by atoms with Crippen LogP contribution in [0.15, 0.2) is 35.2 Å². The Bertz CT molecular complexity index is 1710. The Hall–Kier alpha value is -2.98. The Morgan fingerprint density at radius 2 is 1.64 bits per heavy atom. The van der Waals surface area contributed by atoms with E-state index < -0.39 is 57.9 Å². The van der Waals surface area contributed by atoms with Crippen LogP contribution >= 0.6 is 35.4 Å². The summed E-state index contributed by atoms with van der Waals surface area (Å²) in [6, 6.07) is 5.93. The van der Waals surface area contributed by atoms with Crippen molar-refractivity contribution >= 4 is 88.0 Å². The van der Waals surface area contributed by atoms with Crippen LogP contribution < -0.4 is 25.7 Å². The molecular weight excluding hydrogens is 708 g/mol. The second kappa shape index (κ2) is 14.2. The first kappa shape index (κ1) is 36.8. The number of nitrogens with zero attached hydrogens (tertiary/aromatic N) is 1. The number of nitrogens with one attached hydrogen (secondary N) is 4. The van der Waals surface area contributed by atoms with E-state index in [1.807, 2.05) is 33.9 Å². The minimum absolute atomic E-state index is 0.0617. The summed E-state index contributed by atoms with van der Waals surface area (Å²) in [5.41, 5.74) is 0.273. The van der Waals surface area contributed by atoms with Gasteiger partial charge in [0.05, 0.1) is 27.5 Å². The van der Waals surface area contributed by atoms with Gasteiger partial charge in [-0.1, -0.05) is 50.0 Å². The van der Waals surface area contributed by atoms with Gasteiger partial charge in [-0.2, -0.15) is 0 Å². The second-order valence-corrected chi connectivity index (χ2v) is 20.6. The Morgan fingerprint density at radius 1 is 1.02 bits per heavy atom. The van der Waals surface area contributed by atoms with Crippen molar-refractivity contribution in [3.05, 3.63) is 46.2 Å². The molecule has 17 heteroatoms. The molecule has 2 aliphatic rings. The van der Waals surface area contributed by atoms with Crippen LogP contribution in [0, 0.1) is 11.7 Å². The lowest BCUT2D eigenvalue weighted by atomic mass is 9.95. The van der Waals surface area contributed by atoms with E-state index >= 15 is 0 Å². The van der Waals surface area contributed by atoms with Crippen LogP contribution in [0.1, 0.15) is 46.5 Å². The number of amides is 3. The highest BCUT2D eigenvalue weighted by atomic mass is 35.5. The highest BCUT2D eigenvalue weighted by molar-refractivity contribution is 7.90. The van der Waals surface area contributed by atoms with E-state index in [1.54, 1.807) is 0 Å². The summed E-state index contributed by atoms with van der Waals surface area (Å²) in [5, 5.41) is 10.2. The highest BCUT2D eigenvalue weighted by Gasteiger charge is 2.46. The Kier molecular flexibility index (Phi) is 11.2. The van der Waals surface area contributed by atoms with Crippen LogP contribution in [0.4, 0.5) is 15.8 Å². The average molecular weight is 747 g/mol. The van der Waals surface area contributed by atoms with Crippen molar-refractivity contribution in [3.8, 4) is 5.75 Å². The third kappa shape index (κ3) is 8.19. The van der Waals surface area contributed by atoms with Crippen LogP contribution in [0.5, 0.6) is 5.75 Å². The number of hydrogen-bond donors (Lipinski definition) is 4. The molecule has 0 spiro atoms. The van der Waals surface area contributed by atoms with Gasteiger partial charge in [-0.3, -0.25) is 14.4 Å². The number of thiocarbonyl (C=S) groups is 1. The zero-order chi connectivity index (χ0) is 34.9. The van der Waals surface area contributed by atoms with Gasteiger partial charge in [0.15, 0.2) is 5.11 Å². The average Bonchev–Trinajstić information content (AvgIpc) is 2.96. The summed E-state index contributed by atoms with van der Waals surface area (Å²) < 4.78 is 51.2. The van der Waals surface area contributed by atoms with Crippen molar-refractivity contribution in [1.82, 2.24) is 14.9 Å². The number of hydrogen-bond acceptors (Lipinski definition) is 7. The minimum Gasteiger partial charge on any atom is -0.541 e. The number of carbonyl (C=O) groups is 3. The SMILES string of the molecule is CC(C)(C)[Si](C)(C)Oc1c(NC(=S)Nc2cccc(F)c2Cl)ccc(Cl)c1S(=O)(=O)N(C(=O)C1CCNC(=O)C1)C1CCNC(=O)C1. The zero-order valence-electron chi connectivity index (χ0n) is 26.6. The minimum atomic E-state index is -4.84. The summed E-state index contributed by atoms with van der Waals surface area (Å²) in [4.78, 5) is 38.4. The summed E-state index contributed by atoms with van der Waals surface area (Å²) >= 11 is 18.3. The molecule has 0 aromatic heterocycles. The fraction of sp³-hybridized carbons (Fsp3) is 0.467. The van der Waals surface area contributed by atoms with E-state index in [-0.39, 0.29) is 77.0 Å². The molecule has 2 heterocycles. The molecule has 4 rings (SSSR count). The zero-order valence-corrected chi connectivity index (χ0v) is 30.8. The van der Waals surface area contributed by atoms with Gasteiger partial charge < -0.3 is 25.7 Å². The Balaban J connectivity index is 1.87. The van der Waals surface area contributed by atoms with Crippen molar-refractivity contribution in [2.45, 2.75) is 75.5 Å². The molecule has 0 aliphatic carbocycles. The van der Waals surface area contributed by atoms with Crippen molar-refractivity contribution in [1.29, 1.82) is 0 Å². The fourth-order valence-electron chi connectivity index (χ4n) is 5.00. The third-order valence-electron chi connectivity index (χ3n) is 8.56. The molecule has 2 atom stereocenters. The molecule has 0 saturated carbocycles. The molecule has 2 aromatic rings. The quantitative estimate of drug-likeness (QED) is 0.199. The van der Waals surface area contributed by atoms with Crippen molar-refractivity contribution in [3.63, 3.8) is 0 Å². The number of anilines is 2. The van der Waals surface area contributed by atoms with E-state index in [0.29, 0.717) is 0 Å². The molecule has 11 nitrogen and oxygen atoms in total. The first-order chi connectivity index (χ1) is 21.8. The van der Waals surface area contributed by atoms with Gasteiger partial charge >= 0.3 is 0 Å². The van der Waals surface area contributed by atoms with Crippen LogP contribution in [0.2, 0.25) is 28.2 Å². The largest absolute Gasteiger partial charge is 0.541 e. The maximum Gasteiger partial charge on any atom is 0.271 e. The van der Waals surface area contributed by atoms with Crippen LogP contribution in [0.3, 0.4) is 0 Å². The first-order valence-electron chi connectivity index (χ1n) is 15.0. The predicted molar refractivity (Wildman–Crippen MR) is 186 cm³/mol. The highest BCUT2D eigenvalue weighted by Crippen LogP contribution is 2.46. The van der Waals surface area contributed by atoms with E-state index in [0.717, 1.165) is 4.31 Å². The maximum absolute atomic E-state index is 14.9. The third-order valence-corrected chi connectivity index (χ3v) is 15.8. The molecule has 4 N–H and O–H groups in total. The van der Waals surface area contributed by atoms with E-state index in [1.165, 1.54) is 30.3 Å². The van der Waals surface area contributed by atoms with Gasteiger partial charge in [-0.15, -0.1) is 0 Å². The maximum atomic E-state index is 14.9. The molecule has 0 bridgehead atoms. The molecule has 256 valence electrons. The standard InChI is InChI=1S/C30H38Cl2FN5O6S2Si/c1-30(2,3)47(4,5)44-26-22(37-29(45)36-21-8-6-7-20(33)25(21)32)10-9-19(31)27(26)46(42,43)38(18-12-14-35-24(40)16-18)28(41)17-11-13-34-23(39)15-17/h6-10,17-18H,11-16H2,1-5H3,(H,34,39)(H,35,40)(H2,36,37,45). The number of rotatable bonds is 8. The molecule has 3 amide bonds. The number of halogens is 3. The van der Waals surface area contributed by atoms with Crippen LogP contribution in [0.25, 0.3) is 0 Å². The van der Waals surface area contributed by atoms with Gasteiger partial charge in [0.1, 0.15) is 16.5 Å². The summed E-state index contributed by atoms with van der Waals surface area (Å²) in [6.45, 7) is 10.1. The van der Waals surface area contributed by atoms with Gasteiger partial charge in [0.25, 0.3) is 18.3 Å². The number of carbonyl (C=O) groups excluding carboxylic acids is 3. The normalized spacial score (nSPS) is 18.9. The summed E-state index contributed by atoms with van der Waals surface area (Å²) in [5.74, 6) is -3.36. The lowest BCUT2D eigenvalue weighted by Crippen LogP contribution is -2.54. The molecule has 47 heavy (non-hydrogen) atoms.